The number of carbonyl (C=O) groups excluding carboxylic acids is 3. The fourth-order valence-electron chi connectivity index (χ4n) is 7.00. The van der Waals surface area contributed by atoms with Gasteiger partial charge in [-0.25, -0.2) is 0 Å². The zero-order valence-electron chi connectivity index (χ0n) is 24.4. The first-order valence-electron chi connectivity index (χ1n) is 14.7. The number of hydrogen-bond donors (Lipinski definition) is 1. The Bertz CT molecular complexity index is 1150. The van der Waals surface area contributed by atoms with Gasteiger partial charge < -0.3 is 24.4 Å². The van der Waals surface area contributed by atoms with E-state index in [2.05, 4.69) is 13.2 Å². The van der Waals surface area contributed by atoms with Crippen LogP contribution in [-0.4, -0.2) is 71.3 Å². The number of hydrogen-bond acceptors (Lipinski definition) is 6. The van der Waals surface area contributed by atoms with Gasteiger partial charge in [-0.05, 0) is 56.6 Å². The predicted molar refractivity (Wildman–Crippen MR) is 159 cm³/mol. The van der Waals surface area contributed by atoms with E-state index in [1.807, 2.05) is 39.0 Å². The number of aryl methyl sites for hydroxylation is 1. The monoisotopic (exact) mass is 586 g/mol. The largest absolute Gasteiger partial charge is 0.465 e. The Balaban J connectivity index is 1.76. The number of benzene rings is 1. The van der Waals surface area contributed by atoms with E-state index in [0.717, 1.165) is 18.4 Å². The predicted octanol–water partition coefficient (Wildman–Crippen LogP) is 4.85. The number of fused-ring (bicyclic) bond motifs is 1. The molecule has 1 spiro atoms. The van der Waals surface area contributed by atoms with Crippen LogP contribution < -0.4 is 4.90 Å². The van der Waals surface area contributed by atoms with Crippen LogP contribution in [0.3, 0.4) is 0 Å². The van der Waals surface area contributed by atoms with Crippen LogP contribution in [0.4, 0.5) is 5.69 Å². The van der Waals surface area contributed by atoms with Gasteiger partial charge in [-0.3, -0.25) is 14.4 Å². The molecule has 3 fully saturated rings. The van der Waals surface area contributed by atoms with Gasteiger partial charge in [0.05, 0.1) is 47.9 Å². The lowest BCUT2D eigenvalue weighted by Crippen LogP contribution is -2.60. The molecule has 1 N–H and O–H groups in total. The molecule has 1 aromatic rings. The highest BCUT2D eigenvalue weighted by molar-refractivity contribution is 6.34. The molecule has 0 aromatic heterocycles. The molecule has 3 aliphatic heterocycles. The van der Waals surface area contributed by atoms with Crippen molar-refractivity contribution in [2.75, 3.05) is 24.7 Å². The number of unbranched alkanes of at least 4 members (excludes halogenated alkanes) is 2. The maximum absolute atomic E-state index is 14.7. The summed E-state index contributed by atoms with van der Waals surface area (Å²) in [5.41, 5.74) is 0.132. The third-order valence-electron chi connectivity index (χ3n) is 9.17. The summed E-state index contributed by atoms with van der Waals surface area (Å²) >= 11 is 6.62. The number of ether oxygens (including phenoxy) is 2. The molecule has 9 heteroatoms. The third kappa shape index (κ3) is 5.46. The SMILES string of the molecule is C=CCCCCOC(=O)[C@@H]1[C@@H]2CCC3(O2)C(C(=O)N(CC=C)c2c(C)cccc2Cl)N([C@@H](CO)[C@@H](C)CC)C(=O)[C@H]13. The third-order valence-corrected chi connectivity index (χ3v) is 9.48. The molecule has 3 saturated heterocycles. The molecule has 3 aliphatic rings. The second kappa shape index (κ2) is 13.1. The highest BCUT2D eigenvalue weighted by Crippen LogP contribution is 2.59. The molecule has 3 heterocycles. The summed E-state index contributed by atoms with van der Waals surface area (Å²) in [7, 11) is 0. The van der Waals surface area contributed by atoms with E-state index < -0.39 is 41.6 Å². The van der Waals surface area contributed by atoms with Crippen LogP contribution in [-0.2, 0) is 23.9 Å². The number of amides is 2. The van der Waals surface area contributed by atoms with E-state index in [4.69, 9.17) is 21.1 Å². The van der Waals surface area contributed by atoms with Crippen molar-refractivity contribution < 1.29 is 29.0 Å². The van der Waals surface area contributed by atoms with E-state index in [0.29, 0.717) is 36.4 Å². The normalized spacial score (nSPS) is 27.8. The van der Waals surface area contributed by atoms with Crippen LogP contribution in [0.2, 0.25) is 5.02 Å². The minimum Gasteiger partial charge on any atom is -0.465 e. The van der Waals surface area contributed by atoms with Crippen molar-refractivity contribution in [2.24, 2.45) is 17.8 Å². The van der Waals surface area contributed by atoms with Gasteiger partial charge in [0.25, 0.3) is 5.91 Å². The number of nitrogens with zero attached hydrogens (tertiary/aromatic N) is 2. The maximum Gasteiger partial charge on any atom is 0.312 e. The number of halogens is 1. The second-order valence-corrected chi connectivity index (χ2v) is 11.9. The second-order valence-electron chi connectivity index (χ2n) is 11.5. The Kier molecular flexibility index (Phi) is 9.98. The van der Waals surface area contributed by atoms with E-state index in [9.17, 15) is 19.5 Å². The summed E-state index contributed by atoms with van der Waals surface area (Å²) in [6.45, 7) is 13.5. The van der Waals surface area contributed by atoms with Crippen molar-refractivity contribution in [3.05, 3.63) is 54.1 Å². The first kappa shape index (κ1) is 31.3. The zero-order chi connectivity index (χ0) is 29.9. The highest BCUT2D eigenvalue weighted by atomic mass is 35.5. The molecule has 8 nitrogen and oxygen atoms in total. The molecule has 0 saturated carbocycles. The number of anilines is 1. The Labute approximate surface area is 248 Å². The quantitative estimate of drug-likeness (QED) is 0.190. The molecule has 224 valence electrons. The van der Waals surface area contributed by atoms with Gasteiger partial charge in [-0.2, -0.15) is 0 Å². The molecule has 0 aliphatic carbocycles. The van der Waals surface area contributed by atoms with Crippen LogP contribution in [0.1, 0.15) is 57.9 Å². The number of likely N-dealkylation sites (tertiary alicyclic amines) is 1. The van der Waals surface area contributed by atoms with Gasteiger partial charge in [0.15, 0.2) is 0 Å². The first-order chi connectivity index (χ1) is 19.7. The fraction of sp³-hybridized carbons (Fsp3) is 0.594. The van der Waals surface area contributed by atoms with Crippen LogP contribution in [0.5, 0.6) is 0 Å². The van der Waals surface area contributed by atoms with Crippen LogP contribution in [0.25, 0.3) is 0 Å². The minimum atomic E-state index is -1.21. The molecule has 4 rings (SSSR count). The van der Waals surface area contributed by atoms with Crippen molar-refractivity contribution in [3.63, 3.8) is 0 Å². The topological polar surface area (TPSA) is 96.4 Å². The first-order valence-corrected chi connectivity index (χ1v) is 15.1. The summed E-state index contributed by atoms with van der Waals surface area (Å²) in [5, 5.41) is 11.0. The summed E-state index contributed by atoms with van der Waals surface area (Å²) in [5.74, 6) is -2.94. The zero-order valence-corrected chi connectivity index (χ0v) is 25.1. The average molecular weight is 587 g/mol. The van der Waals surface area contributed by atoms with E-state index >= 15 is 0 Å². The van der Waals surface area contributed by atoms with Crippen molar-refractivity contribution >= 4 is 35.1 Å². The average Bonchev–Trinajstić information content (AvgIpc) is 3.60. The summed E-state index contributed by atoms with van der Waals surface area (Å²) in [6.07, 6.45) is 7.00. The number of allylic oxidation sites excluding steroid dienone is 1. The number of rotatable bonds is 14. The molecular formula is C32H43ClN2O6. The van der Waals surface area contributed by atoms with Gasteiger partial charge >= 0.3 is 5.97 Å². The molecule has 2 bridgehead atoms. The number of para-hydroxylation sites is 1. The molecule has 0 radical (unpaired) electrons. The van der Waals surface area contributed by atoms with E-state index in [-0.39, 0.29) is 37.5 Å². The Morgan fingerprint density at radius 2 is 2.07 bits per heavy atom. The van der Waals surface area contributed by atoms with Gasteiger partial charge in [-0.15, -0.1) is 13.2 Å². The fourth-order valence-corrected chi connectivity index (χ4v) is 7.33. The van der Waals surface area contributed by atoms with Gasteiger partial charge in [0.2, 0.25) is 5.91 Å². The van der Waals surface area contributed by atoms with Crippen molar-refractivity contribution in [2.45, 2.75) is 83.1 Å². The van der Waals surface area contributed by atoms with Crippen molar-refractivity contribution in [1.82, 2.24) is 4.90 Å². The number of carbonyl (C=O) groups is 3. The van der Waals surface area contributed by atoms with Gasteiger partial charge in [0.1, 0.15) is 11.6 Å². The Hall–Kier alpha value is -2.68. The molecule has 1 aromatic carbocycles. The molecule has 2 amide bonds. The standard InChI is InChI=1S/C32H43ClN2O6/c1-6-9-10-11-18-40-31(39)25-24-15-16-32(41-24)26(25)29(37)35(23(19-36)20(4)8-3)28(32)30(38)34(17-7-2)27-21(5)13-12-14-22(27)33/h6-7,12-14,20,23-26,28,36H,1-2,8-11,15-19H2,3-5H3/t20-,23-,24-,25+,26-,28?,32?/m0/s1. The van der Waals surface area contributed by atoms with Gasteiger partial charge in [-0.1, -0.05) is 56.2 Å². The minimum absolute atomic E-state index is 0.100. The van der Waals surface area contributed by atoms with E-state index in [1.165, 1.54) is 4.90 Å². The number of aliphatic hydroxyl groups is 1. The lowest BCUT2D eigenvalue weighted by atomic mass is 9.70. The Morgan fingerprint density at radius 1 is 1.32 bits per heavy atom. The summed E-state index contributed by atoms with van der Waals surface area (Å²) in [6, 6.07) is 3.74. The number of esters is 1. The number of aliphatic hydroxyl groups excluding tert-OH is 1. The highest BCUT2D eigenvalue weighted by Gasteiger charge is 2.75. The van der Waals surface area contributed by atoms with Crippen molar-refractivity contribution in [1.29, 1.82) is 0 Å². The molecular weight excluding hydrogens is 544 g/mol. The molecule has 7 atom stereocenters. The van der Waals surface area contributed by atoms with Gasteiger partial charge in [0, 0.05) is 6.54 Å². The molecule has 2 unspecified atom stereocenters. The molecule has 41 heavy (non-hydrogen) atoms. The van der Waals surface area contributed by atoms with Crippen LogP contribution in [0, 0.1) is 24.7 Å². The van der Waals surface area contributed by atoms with E-state index in [1.54, 1.807) is 17.0 Å². The van der Waals surface area contributed by atoms with Crippen molar-refractivity contribution in [3.8, 4) is 0 Å². The smallest absolute Gasteiger partial charge is 0.312 e. The van der Waals surface area contributed by atoms with Crippen LogP contribution in [0.15, 0.2) is 43.5 Å². The summed E-state index contributed by atoms with van der Waals surface area (Å²) < 4.78 is 12.2. The summed E-state index contributed by atoms with van der Waals surface area (Å²) in [4.78, 5) is 45.7. The lowest BCUT2D eigenvalue weighted by molar-refractivity contribution is -0.156. The Morgan fingerprint density at radius 3 is 2.71 bits per heavy atom. The lowest BCUT2D eigenvalue weighted by Gasteiger charge is -2.41. The maximum atomic E-state index is 14.7. The van der Waals surface area contributed by atoms with Crippen LogP contribution >= 0.6 is 11.6 Å².